The average Bonchev–Trinajstić information content (AvgIpc) is 3.66. The third kappa shape index (κ3) is 5.35. The summed E-state index contributed by atoms with van der Waals surface area (Å²) >= 11 is 0. The molecule has 0 spiro atoms. The van der Waals surface area contributed by atoms with E-state index in [4.69, 9.17) is 30.3 Å². The first-order valence-electron chi connectivity index (χ1n) is 20.1. The summed E-state index contributed by atoms with van der Waals surface area (Å²) in [6, 6.07) is 33.3. The third-order valence-electron chi connectivity index (χ3n) is 8.33. The summed E-state index contributed by atoms with van der Waals surface area (Å²) in [5.41, 5.74) is 4.55. The van der Waals surface area contributed by atoms with E-state index in [-0.39, 0.29) is 27.8 Å². The number of para-hydroxylation sites is 1. The summed E-state index contributed by atoms with van der Waals surface area (Å²) in [6.45, 7) is 0. The number of furan rings is 1. The number of rotatable bonds is 6. The molecule has 0 radical (unpaired) electrons. The number of fused-ring (bicyclic) bond motifs is 3. The molecule has 0 saturated carbocycles. The second kappa shape index (κ2) is 12.2. The van der Waals surface area contributed by atoms with Crippen molar-refractivity contribution in [2.45, 2.75) is 0 Å². The molecule has 0 bridgehead atoms. The number of nitrogens with zero attached hydrogens (tertiary/aromatic N) is 3. The van der Waals surface area contributed by atoms with Gasteiger partial charge in [0.2, 0.25) is 0 Å². The minimum atomic E-state index is -0.633. The van der Waals surface area contributed by atoms with Crippen LogP contribution in [0, 0.1) is 0 Å². The highest BCUT2D eigenvalue weighted by Gasteiger charge is 2.19. The van der Waals surface area contributed by atoms with Gasteiger partial charge < -0.3 is 4.42 Å². The van der Waals surface area contributed by atoms with Crippen molar-refractivity contribution < 1.29 is 16.8 Å². The predicted molar refractivity (Wildman–Crippen MR) is 200 cm³/mol. The molecule has 9 aromatic rings. The van der Waals surface area contributed by atoms with Crippen molar-refractivity contribution in [2.75, 3.05) is 0 Å². The summed E-state index contributed by atoms with van der Waals surface area (Å²) in [4.78, 5) is 14.9. The molecule has 9 rings (SSSR count). The van der Waals surface area contributed by atoms with E-state index in [1.807, 2.05) is 91.0 Å². The normalized spacial score (nSPS) is 13.8. The first-order valence-corrected chi connectivity index (χ1v) is 15.6. The van der Waals surface area contributed by atoms with E-state index in [0.29, 0.717) is 39.4 Å². The number of hydrogen-bond acceptors (Lipinski definition) is 4. The molecule has 0 atom stereocenters. The van der Waals surface area contributed by atoms with Crippen LogP contribution < -0.4 is 0 Å². The fourth-order valence-electron chi connectivity index (χ4n) is 5.99. The minimum absolute atomic E-state index is 0.0817. The predicted octanol–water partition coefficient (Wildman–Crippen LogP) is 11.8. The summed E-state index contributed by atoms with van der Waals surface area (Å²) < 4.78 is 83.9. The molecule has 0 fully saturated rings. The lowest BCUT2D eigenvalue weighted by atomic mass is 9.97. The molecule has 0 unspecified atom stereocenters. The second-order valence-corrected chi connectivity index (χ2v) is 11.3. The average molecular weight is 637 g/mol. The Morgan fingerprint density at radius 3 is 1.73 bits per heavy atom. The molecular weight excluding hydrogens is 599 g/mol. The van der Waals surface area contributed by atoms with Crippen molar-refractivity contribution >= 4 is 21.9 Å². The molecule has 0 amide bonds. The molecule has 230 valence electrons. The van der Waals surface area contributed by atoms with Crippen molar-refractivity contribution in [2.24, 2.45) is 0 Å². The van der Waals surface area contributed by atoms with E-state index in [2.05, 4.69) is 12.1 Å². The summed E-state index contributed by atoms with van der Waals surface area (Å²) in [5.74, 6) is 1.31. The van der Waals surface area contributed by atoms with E-state index >= 15 is 0 Å². The van der Waals surface area contributed by atoms with Crippen LogP contribution >= 0.6 is 0 Å². The fraction of sp³-hybridized carbons (Fsp3) is 0. The molecule has 7 aromatic carbocycles. The molecule has 0 saturated heterocycles. The van der Waals surface area contributed by atoms with Crippen LogP contribution in [0.4, 0.5) is 0 Å². The Morgan fingerprint density at radius 1 is 0.408 bits per heavy atom. The van der Waals surface area contributed by atoms with Gasteiger partial charge in [-0.3, -0.25) is 0 Å². The van der Waals surface area contributed by atoms with Gasteiger partial charge in [-0.1, -0.05) is 164 Å². The molecule has 4 heteroatoms. The van der Waals surface area contributed by atoms with Crippen molar-refractivity contribution in [3.8, 4) is 67.5 Å². The Balaban J connectivity index is 1.25. The topological polar surface area (TPSA) is 51.8 Å². The van der Waals surface area contributed by atoms with Gasteiger partial charge in [-0.15, -0.1) is 0 Å². The van der Waals surface area contributed by atoms with E-state index in [0.717, 1.165) is 22.3 Å². The molecular formula is C45H29N3O. The van der Waals surface area contributed by atoms with Gasteiger partial charge in [-0.05, 0) is 39.9 Å². The third-order valence-corrected chi connectivity index (χ3v) is 8.33. The van der Waals surface area contributed by atoms with E-state index in [1.165, 1.54) is 0 Å². The van der Waals surface area contributed by atoms with Crippen LogP contribution in [-0.4, -0.2) is 15.0 Å². The number of aromatic nitrogens is 3. The van der Waals surface area contributed by atoms with Gasteiger partial charge in [0.1, 0.15) is 11.2 Å². The van der Waals surface area contributed by atoms with Gasteiger partial charge in [0, 0.05) is 33.0 Å². The van der Waals surface area contributed by atoms with Crippen LogP contribution in [0.3, 0.4) is 0 Å². The first kappa shape index (κ1) is 20.6. The van der Waals surface area contributed by atoms with Crippen LogP contribution in [0.2, 0.25) is 0 Å². The SMILES string of the molecule is [2H]c1c([2H])c([2H])c(-c2c([2H])c([2H])c([2H])c(-c3cccc4c3oc3cccc(-c5nc(-c6ccccc6)nc(-c6ccc(-c7ccccc7)cc6)n5)c34)c2[2H])c([2H])c1[2H]. The van der Waals surface area contributed by atoms with Gasteiger partial charge in [0.05, 0.1) is 12.3 Å². The lowest BCUT2D eigenvalue weighted by Gasteiger charge is -2.10. The molecule has 0 aliphatic carbocycles. The Labute approximate surface area is 296 Å². The van der Waals surface area contributed by atoms with E-state index in [9.17, 15) is 1.37 Å². The smallest absolute Gasteiger partial charge is 0.164 e. The highest BCUT2D eigenvalue weighted by Crippen LogP contribution is 2.41. The first-order chi connectivity index (χ1) is 28.0. The maximum Gasteiger partial charge on any atom is 0.164 e. The molecule has 2 heterocycles. The van der Waals surface area contributed by atoms with Gasteiger partial charge in [0.25, 0.3) is 0 Å². The lowest BCUT2D eigenvalue weighted by Crippen LogP contribution is -2.00. The van der Waals surface area contributed by atoms with Gasteiger partial charge in [-0.25, -0.2) is 15.0 Å². The summed E-state index contributed by atoms with van der Waals surface area (Å²) in [6.07, 6.45) is 0. The Morgan fingerprint density at radius 2 is 0.980 bits per heavy atom. The van der Waals surface area contributed by atoms with Gasteiger partial charge in [0.15, 0.2) is 17.5 Å². The molecule has 49 heavy (non-hydrogen) atoms. The van der Waals surface area contributed by atoms with E-state index < -0.39 is 54.4 Å². The zero-order valence-corrected chi connectivity index (χ0v) is 25.8. The standard InChI is InChI=1S/C45H29N3O/c1-4-13-30(14-5-1)32-25-27-34(28-26-32)44-46-43(33-17-8-3-9-18-33)47-45(48-44)39-23-12-24-40-41(39)38-22-11-21-37(42(38)49-40)36-20-10-19-35(29-36)31-15-6-2-7-16-31/h1-29H/i2D,6D,7D,10D,15D,16D,19D,20D,29D. The minimum Gasteiger partial charge on any atom is -0.455 e. The lowest BCUT2D eigenvalue weighted by molar-refractivity contribution is 0.670. The monoisotopic (exact) mass is 636 g/mol. The summed E-state index contributed by atoms with van der Waals surface area (Å²) in [5, 5.41) is 1.25. The quantitative estimate of drug-likeness (QED) is 0.182. The van der Waals surface area contributed by atoms with Crippen molar-refractivity contribution in [1.29, 1.82) is 0 Å². The van der Waals surface area contributed by atoms with Crippen LogP contribution in [0.1, 0.15) is 12.3 Å². The summed E-state index contributed by atoms with van der Waals surface area (Å²) in [7, 11) is 0. The van der Waals surface area contributed by atoms with Gasteiger partial charge >= 0.3 is 0 Å². The molecule has 4 nitrogen and oxygen atoms in total. The number of hydrogen-bond donors (Lipinski definition) is 0. The second-order valence-electron chi connectivity index (χ2n) is 11.3. The van der Waals surface area contributed by atoms with E-state index in [1.54, 1.807) is 18.2 Å². The Bertz CT molecular complexity index is 3070. The Kier molecular flexibility index (Phi) is 5.11. The number of benzene rings is 7. The van der Waals surface area contributed by atoms with Crippen molar-refractivity contribution in [3.05, 3.63) is 176 Å². The molecule has 0 aliphatic heterocycles. The fourth-order valence-corrected chi connectivity index (χ4v) is 5.99. The highest BCUT2D eigenvalue weighted by atomic mass is 16.3. The molecule has 2 aromatic heterocycles. The Hall–Kier alpha value is -6.65. The van der Waals surface area contributed by atoms with Crippen LogP contribution in [0.25, 0.3) is 89.5 Å². The van der Waals surface area contributed by atoms with Crippen molar-refractivity contribution in [3.63, 3.8) is 0 Å². The van der Waals surface area contributed by atoms with Gasteiger partial charge in [-0.2, -0.15) is 0 Å². The maximum atomic E-state index is 9.32. The molecule has 0 aliphatic rings. The largest absolute Gasteiger partial charge is 0.455 e. The molecule has 0 N–H and O–H groups in total. The maximum absolute atomic E-state index is 9.32. The van der Waals surface area contributed by atoms with Crippen LogP contribution in [-0.2, 0) is 0 Å². The van der Waals surface area contributed by atoms with Crippen molar-refractivity contribution in [1.82, 2.24) is 15.0 Å². The van der Waals surface area contributed by atoms with Crippen LogP contribution in [0.15, 0.2) is 180 Å². The zero-order valence-electron chi connectivity index (χ0n) is 34.8. The highest BCUT2D eigenvalue weighted by molar-refractivity contribution is 6.15. The van der Waals surface area contributed by atoms with Crippen LogP contribution in [0.5, 0.6) is 0 Å². The zero-order chi connectivity index (χ0) is 40.4.